The van der Waals surface area contributed by atoms with Crippen LogP contribution in [0.25, 0.3) is 0 Å². The number of hydrogen-bond acceptors (Lipinski definition) is 5. The van der Waals surface area contributed by atoms with Crippen LogP contribution in [0.1, 0.15) is 37.7 Å². The molecule has 0 saturated carbocycles. The number of carboxylic acid groups (broad SMARTS) is 2. The summed E-state index contributed by atoms with van der Waals surface area (Å²) in [6.45, 7) is 4.81. The van der Waals surface area contributed by atoms with Gasteiger partial charge in [-0.15, -0.1) is 0 Å². The van der Waals surface area contributed by atoms with Crippen molar-refractivity contribution in [2.45, 2.75) is 38.6 Å². The Morgan fingerprint density at radius 1 is 1.03 bits per heavy atom. The molecule has 2 aliphatic rings. The third kappa shape index (κ3) is 7.38. The highest BCUT2D eigenvalue weighted by Gasteiger charge is 2.29. The van der Waals surface area contributed by atoms with Crippen LogP contribution in [0.5, 0.6) is 5.75 Å². The van der Waals surface area contributed by atoms with Crippen molar-refractivity contribution in [1.29, 1.82) is 0 Å². The molecule has 8 heteroatoms. The van der Waals surface area contributed by atoms with Gasteiger partial charge >= 0.3 is 11.9 Å². The number of likely N-dealkylation sites (tertiary alicyclic amines) is 2. The van der Waals surface area contributed by atoms with Gasteiger partial charge in [0.05, 0.1) is 13.0 Å². The zero-order valence-corrected chi connectivity index (χ0v) is 16.9. The molecule has 1 aromatic carbocycles. The summed E-state index contributed by atoms with van der Waals surface area (Å²) in [4.78, 5) is 35.5. The molecule has 2 aliphatic heterocycles. The van der Waals surface area contributed by atoms with Crippen molar-refractivity contribution in [1.82, 2.24) is 9.80 Å². The first kappa shape index (κ1) is 22.7. The Balaban J connectivity index is 0.000000438. The number of methoxy groups -OCH3 is 1. The van der Waals surface area contributed by atoms with E-state index >= 15 is 0 Å². The first-order chi connectivity index (χ1) is 13.9. The summed E-state index contributed by atoms with van der Waals surface area (Å²) in [7, 11) is 1.70. The van der Waals surface area contributed by atoms with E-state index in [9.17, 15) is 4.79 Å². The van der Waals surface area contributed by atoms with Gasteiger partial charge in [0.2, 0.25) is 5.91 Å². The average molecular weight is 406 g/mol. The molecule has 0 aromatic heterocycles. The number of ether oxygens (including phenoxy) is 1. The Morgan fingerprint density at radius 2 is 1.72 bits per heavy atom. The Labute approximate surface area is 171 Å². The highest BCUT2D eigenvalue weighted by Crippen LogP contribution is 2.23. The van der Waals surface area contributed by atoms with Gasteiger partial charge in [-0.2, -0.15) is 0 Å². The van der Waals surface area contributed by atoms with E-state index in [0.29, 0.717) is 5.91 Å². The zero-order chi connectivity index (χ0) is 21.2. The fourth-order valence-corrected chi connectivity index (χ4v) is 3.80. The lowest BCUT2D eigenvalue weighted by Crippen LogP contribution is -2.46. The van der Waals surface area contributed by atoms with Crippen molar-refractivity contribution in [3.8, 4) is 5.75 Å². The van der Waals surface area contributed by atoms with Crippen LogP contribution >= 0.6 is 0 Å². The van der Waals surface area contributed by atoms with Crippen molar-refractivity contribution >= 4 is 17.8 Å². The summed E-state index contributed by atoms with van der Waals surface area (Å²) in [6, 6.07) is 8.24. The van der Waals surface area contributed by atoms with Gasteiger partial charge in [0.15, 0.2) is 0 Å². The minimum absolute atomic E-state index is 0.187. The summed E-state index contributed by atoms with van der Waals surface area (Å²) >= 11 is 0. The number of hydrogen-bond donors (Lipinski definition) is 2. The highest BCUT2D eigenvalue weighted by atomic mass is 16.5. The van der Waals surface area contributed by atoms with Gasteiger partial charge in [-0.3, -0.25) is 9.69 Å². The normalized spacial score (nSPS) is 19.6. The van der Waals surface area contributed by atoms with E-state index in [0.717, 1.165) is 51.3 Å². The smallest absolute Gasteiger partial charge is 0.414 e. The molecule has 0 radical (unpaired) electrons. The number of nitrogens with zero attached hydrogens (tertiary/aromatic N) is 2. The van der Waals surface area contributed by atoms with Crippen molar-refractivity contribution in [2.75, 3.05) is 33.3 Å². The Bertz CT molecular complexity index is 690. The van der Waals surface area contributed by atoms with Crippen LogP contribution < -0.4 is 4.74 Å². The van der Waals surface area contributed by atoms with E-state index in [4.69, 9.17) is 24.5 Å². The van der Waals surface area contributed by atoms with Crippen LogP contribution in [0.2, 0.25) is 0 Å². The lowest BCUT2D eigenvalue weighted by Gasteiger charge is -2.36. The molecule has 29 heavy (non-hydrogen) atoms. The quantitative estimate of drug-likeness (QED) is 0.737. The molecule has 160 valence electrons. The van der Waals surface area contributed by atoms with Gasteiger partial charge in [-0.25, -0.2) is 9.59 Å². The Kier molecular flexibility index (Phi) is 8.92. The van der Waals surface area contributed by atoms with Crippen LogP contribution in [0.3, 0.4) is 0 Å². The maximum atomic E-state index is 12.7. The molecule has 0 bridgehead atoms. The molecular formula is C21H30N2O6. The lowest BCUT2D eigenvalue weighted by molar-refractivity contribution is -0.159. The van der Waals surface area contributed by atoms with Crippen LogP contribution in [0, 0.1) is 5.92 Å². The maximum absolute atomic E-state index is 12.7. The van der Waals surface area contributed by atoms with Crippen molar-refractivity contribution in [2.24, 2.45) is 5.92 Å². The molecule has 1 aromatic rings. The number of benzene rings is 1. The largest absolute Gasteiger partial charge is 0.497 e. The summed E-state index contributed by atoms with van der Waals surface area (Å²) in [5, 5.41) is 14.8. The van der Waals surface area contributed by atoms with E-state index < -0.39 is 11.9 Å². The fourth-order valence-electron chi connectivity index (χ4n) is 3.80. The van der Waals surface area contributed by atoms with E-state index in [1.54, 1.807) is 7.11 Å². The number of rotatable bonds is 4. The zero-order valence-electron chi connectivity index (χ0n) is 16.9. The predicted molar refractivity (Wildman–Crippen MR) is 107 cm³/mol. The molecule has 0 aliphatic carbocycles. The lowest BCUT2D eigenvalue weighted by atomic mass is 9.95. The molecule has 2 saturated heterocycles. The molecule has 2 heterocycles. The summed E-state index contributed by atoms with van der Waals surface area (Å²) in [5.74, 6) is -2.17. The van der Waals surface area contributed by atoms with Crippen LogP contribution in [0.15, 0.2) is 24.3 Å². The number of amides is 1. The first-order valence-corrected chi connectivity index (χ1v) is 10.0. The van der Waals surface area contributed by atoms with Gasteiger partial charge in [0.1, 0.15) is 5.75 Å². The highest BCUT2D eigenvalue weighted by molar-refractivity contribution is 6.27. The molecule has 8 nitrogen and oxygen atoms in total. The van der Waals surface area contributed by atoms with Crippen molar-refractivity contribution < 1.29 is 29.3 Å². The minimum atomic E-state index is -1.82. The topological polar surface area (TPSA) is 107 Å². The molecular weight excluding hydrogens is 376 g/mol. The van der Waals surface area contributed by atoms with Gasteiger partial charge in [0.25, 0.3) is 0 Å². The molecule has 2 N–H and O–H groups in total. The Hall–Kier alpha value is -2.61. The van der Waals surface area contributed by atoms with E-state index in [1.807, 2.05) is 12.1 Å². The van der Waals surface area contributed by atoms with Gasteiger partial charge in [0, 0.05) is 26.2 Å². The van der Waals surface area contributed by atoms with E-state index in [1.165, 1.54) is 24.8 Å². The number of carbonyl (C=O) groups is 3. The van der Waals surface area contributed by atoms with Crippen molar-refractivity contribution in [3.63, 3.8) is 0 Å². The Morgan fingerprint density at radius 3 is 2.34 bits per heavy atom. The summed E-state index contributed by atoms with van der Waals surface area (Å²) in [5.41, 5.74) is 1.26. The third-order valence-electron chi connectivity index (χ3n) is 5.25. The second kappa shape index (κ2) is 11.4. The summed E-state index contributed by atoms with van der Waals surface area (Å²) in [6.07, 6.45) is 5.78. The second-order valence-electron chi connectivity index (χ2n) is 7.42. The van der Waals surface area contributed by atoms with E-state index in [-0.39, 0.29) is 5.92 Å². The average Bonchev–Trinajstić information content (AvgIpc) is 2.74. The van der Waals surface area contributed by atoms with Crippen LogP contribution in [0.4, 0.5) is 0 Å². The molecule has 2 fully saturated rings. The van der Waals surface area contributed by atoms with E-state index in [2.05, 4.69) is 21.9 Å². The molecule has 1 amide bonds. The van der Waals surface area contributed by atoms with Gasteiger partial charge < -0.3 is 19.8 Å². The minimum Gasteiger partial charge on any atom is -0.497 e. The maximum Gasteiger partial charge on any atom is 0.414 e. The predicted octanol–water partition coefficient (Wildman–Crippen LogP) is 2.08. The standard InChI is InChI=1S/C19H28N2O2.C2H2O4/c1-23-18-9-5-7-16(13-18)14-20-10-6-8-17(15-20)19(22)21-11-3-2-4-12-21;3-1(4)2(5)6/h5,7,9,13,17H,2-4,6,8,10-12,14-15H2,1H3;(H,3,4)(H,5,6). The monoisotopic (exact) mass is 406 g/mol. The van der Waals surface area contributed by atoms with Gasteiger partial charge in [-0.05, 0) is 56.3 Å². The summed E-state index contributed by atoms with van der Waals surface area (Å²) < 4.78 is 5.30. The first-order valence-electron chi connectivity index (χ1n) is 10.0. The molecule has 3 rings (SSSR count). The number of aliphatic carboxylic acids is 2. The second-order valence-corrected chi connectivity index (χ2v) is 7.42. The molecule has 1 unspecified atom stereocenters. The fraction of sp³-hybridized carbons (Fsp3) is 0.571. The SMILES string of the molecule is COc1cccc(CN2CCCC(C(=O)N3CCCCC3)C2)c1.O=C(O)C(=O)O. The molecule has 0 spiro atoms. The number of piperidine rings is 2. The molecule has 1 atom stereocenters. The van der Waals surface area contributed by atoms with Crippen LogP contribution in [-0.2, 0) is 20.9 Å². The van der Waals surface area contributed by atoms with Crippen molar-refractivity contribution in [3.05, 3.63) is 29.8 Å². The van der Waals surface area contributed by atoms with Crippen LogP contribution in [-0.4, -0.2) is 71.1 Å². The third-order valence-corrected chi connectivity index (χ3v) is 5.25. The number of carbonyl (C=O) groups excluding carboxylic acids is 1. The van der Waals surface area contributed by atoms with Gasteiger partial charge in [-0.1, -0.05) is 12.1 Å². The number of carboxylic acids is 2.